The molecule has 1 aromatic carbocycles. The van der Waals surface area contributed by atoms with Crippen molar-refractivity contribution in [3.63, 3.8) is 0 Å². The molecule has 2 N–H and O–H groups in total. The molecule has 2 aromatic rings. The minimum Gasteiger partial charge on any atom is -0.492 e. The second-order valence-electron chi connectivity index (χ2n) is 7.29. The summed E-state index contributed by atoms with van der Waals surface area (Å²) in [5.41, 5.74) is -1.25. The number of aromatic carboxylic acids is 1. The fraction of sp³-hybridized carbons (Fsp3) is 0.474. The number of fused-ring (bicyclic) bond motifs is 1. The van der Waals surface area contributed by atoms with Gasteiger partial charge in [0.2, 0.25) is 5.43 Å². The van der Waals surface area contributed by atoms with Crippen LogP contribution in [0, 0.1) is 5.82 Å². The van der Waals surface area contributed by atoms with Gasteiger partial charge >= 0.3 is 5.97 Å². The Morgan fingerprint density at radius 3 is 2.76 bits per heavy atom. The Kier molecular flexibility index (Phi) is 4.89. The van der Waals surface area contributed by atoms with Gasteiger partial charge in [-0.3, -0.25) is 4.79 Å². The maximum atomic E-state index is 15.1. The number of benzene rings is 1. The monoisotopic (exact) mass is 411 g/mol. The lowest BCUT2D eigenvalue weighted by Gasteiger charge is -2.35. The summed E-state index contributed by atoms with van der Waals surface area (Å²) in [5, 5.41) is 12.1. The van der Waals surface area contributed by atoms with Crippen LogP contribution < -0.4 is 20.4 Å². The number of alkyl halides is 2. The molecule has 3 unspecified atom stereocenters. The standard InChI is InChI=1S/C19H20F3N3O4/c1-29-18-15-10(4-13(22)16(18)24-3-2-23-9(6-20)7-24)17(26)11(19(27)28)8-25(15)14-5-12(14)21/h4,8-9,12,14,23H,2-3,5-7H2,1H3,(H,27,28). The number of piperazine rings is 1. The van der Waals surface area contributed by atoms with Gasteiger partial charge in [0.15, 0.2) is 11.6 Å². The van der Waals surface area contributed by atoms with Crippen LogP contribution in [-0.4, -0.2) is 61.3 Å². The molecule has 0 radical (unpaired) electrons. The first-order chi connectivity index (χ1) is 13.9. The van der Waals surface area contributed by atoms with Crippen molar-refractivity contribution in [2.24, 2.45) is 0 Å². The molecule has 156 valence electrons. The van der Waals surface area contributed by atoms with Crippen molar-refractivity contribution in [1.29, 1.82) is 0 Å². The number of ether oxygens (including phenoxy) is 1. The zero-order chi connectivity index (χ0) is 20.9. The molecule has 3 atom stereocenters. The molecule has 1 aromatic heterocycles. The summed E-state index contributed by atoms with van der Waals surface area (Å²) in [5.74, 6) is -2.25. The van der Waals surface area contributed by atoms with Gasteiger partial charge in [-0.05, 0) is 6.07 Å². The van der Waals surface area contributed by atoms with Crippen LogP contribution in [-0.2, 0) is 0 Å². The number of nitrogens with one attached hydrogen (secondary N) is 1. The number of rotatable bonds is 5. The van der Waals surface area contributed by atoms with E-state index in [1.54, 1.807) is 4.90 Å². The largest absolute Gasteiger partial charge is 0.492 e. The van der Waals surface area contributed by atoms with E-state index in [1.807, 2.05) is 0 Å². The van der Waals surface area contributed by atoms with Crippen LogP contribution in [0.25, 0.3) is 10.9 Å². The van der Waals surface area contributed by atoms with E-state index in [2.05, 4.69) is 5.32 Å². The van der Waals surface area contributed by atoms with Crippen LogP contribution in [0.4, 0.5) is 18.9 Å². The molecule has 4 rings (SSSR count). The van der Waals surface area contributed by atoms with Gasteiger partial charge in [-0.1, -0.05) is 0 Å². The number of hydrogen-bond acceptors (Lipinski definition) is 5. The first kappa shape index (κ1) is 19.6. The third-order valence-electron chi connectivity index (χ3n) is 5.43. The van der Waals surface area contributed by atoms with Gasteiger partial charge in [0.25, 0.3) is 0 Å². The first-order valence-corrected chi connectivity index (χ1v) is 9.24. The summed E-state index contributed by atoms with van der Waals surface area (Å²) >= 11 is 0. The molecule has 2 fully saturated rings. The fourth-order valence-electron chi connectivity index (χ4n) is 3.92. The molecule has 2 aliphatic rings. The van der Waals surface area contributed by atoms with Gasteiger partial charge in [0.05, 0.1) is 30.1 Å². The third kappa shape index (κ3) is 3.21. The number of aromatic nitrogens is 1. The molecular formula is C19H20F3N3O4. The highest BCUT2D eigenvalue weighted by Gasteiger charge is 2.41. The van der Waals surface area contributed by atoms with Crippen LogP contribution in [0.1, 0.15) is 22.8 Å². The van der Waals surface area contributed by atoms with Crippen molar-refractivity contribution >= 4 is 22.6 Å². The second kappa shape index (κ2) is 7.25. The number of nitrogens with zero attached hydrogens (tertiary/aromatic N) is 2. The Labute approximate surface area is 163 Å². The van der Waals surface area contributed by atoms with Gasteiger partial charge in [-0.25, -0.2) is 18.0 Å². The van der Waals surface area contributed by atoms with Gasteiger partial charge < -0.3 is 24.6 Å². The van der Waals surface area contributed by atoms with Crippen LogP contribution in [0.5, 0.6) is 5.75 Å². The molecule has 2 heterocycles. The van der Waals surface area contributed by atoms with Crippen molar-refractivity contribution in [2.75, 3.05) is 38.3 Å². The zero-order valence-electron chi connectivity index (χ0n) is 15.6. The maximum absolute atomic E-state index is 15.1. The van der Waals surface area contributed by atoms with Crippen LogP contribution >= 0.6 is 0 Å². The average molecular weight is 411 g/mol. The Morgan fingerprint density at radius 1 is 1.45 bits per heavy atom. The minimum atomic E-state index is -1.47. The lowest BCUT2D eigenvalue weighted by Crippen LogP contribution is -2.52. The summed E-state index contributed by atoms with van der Waals surface area (Å²) in [4.78, 5) is 25.8. The van der Waals surface area contributed by atoms with Crippen molar-refractivity contribution in [1.82, 2.24) is 9.88 Å². The molecule has 1 saturated carbocycles. The van der Waals surface area contributed by atoms with E-state index in [4.69, 9.17) is 4.74 Å². The lowest BCUT2D eigenvalue weighted by atomic mass is 10.1. The van der Waals surface area contributed by atoms with Gasteiger partial charge in [0, 0.05) is 32.3 Å². The molecule has 0 spiro atoms. The summed E-state index contributed by atoms with van der Waals surface area (Å²) < 4.78 is 48.9. The van der Waals surface area contributed by atoms with Crippen LogP contribution in [0.2, 0.25) is 0 Å². The van der Waals surface area contributed by atoms with Crippen molar-refractivity contribution in [2.45, 2.75) is 24.7 Å². The Morgan fingerprint density at radius 2 is 2.17 bits per heavy atom. The quantitative estimate of drug-likeness (QED) is 0.782. The lowest BCUT2D eigenvalue weighted by molar-refractivity contribution is 0.0694. The predicted octanol–water partition coefficient (Wildman–Crippen LogP) is 1.88. The van der Waals surface area contributed by atoms with Crippen molar-refractivity contribution in [3.8, 4) is 5.75 Å². The number of carboxylic acid groups (broad SMARTS) is 1. The molecule has 1 saturated heterocycles. The minimum absolute atomic E-state index is 0.00708. The highest BCUT2D eigenvalue weighted by Crippen LogP contribution is 2.45. The van der Waals surface area contributed by atoms with E-state index in [0.717, 1.165) is 12.3 Å². The van der Waals surface area contributed by atoms with Gasteiger partial charge in [-0.15, -0.1) is 0 Å². The van der Waals surface area contributed by atoms with Crippen LogP contribution in [0.3, 0.4) is 0 Å². The topological polar surface area (TPSA) is 83.8 Å². The fourth-order valence-corrected chi connectivity index (χ4v) is 3.92. The molecule has 29 heavy (non-hydrogen) atoms. The number of carbonyl (C=O) groups is 1. The van der Waals surface area contributed by atoms with E-state index in [9.17, 15) is 23.5 Å². The second-order valence-corrected chi connectivity index (χ2v) is 7.29. The number of anilines is 1. The van der Waals surface area contributed by atoms with E-state index in [1.165, 1.54) is 11.7 Å². The molecule has 10 heteroatoms. The van der Waals surface area contributed by atoms with E-state index in [-0.39, 0.29) is 35.3 Å². The Hall–Kier alpha value is -2.75. The normalized spacial score (nSPS) is 24.0. The smallest absolute Gasteiger partial charge is 0.341 e. The third-order valence-corrected chi connectivity index (χ3v) is 5.43. The number of carboxylic acids is 1. The first-order valence-electron chi connectivity index (χ1n) is 9.24. The van der Waals surface area contributed by atoms with Gasteiger partial charge in [0.1, 0.15) is 24.1 Å². The summed E-state index contributed by atoms with van der Waals surface area (Å²) in [6, 6.07) is -0.190. The van der Waals surface area contributed by atoms with Crippen LogP contribution in [0.15, 0.2) is 17.1 Å². The van der Waals surface area contributed by atoms with E-state index >= 15 is 4.39 Å². The average Bonchev–Trinajstić information content (AvgIpc) is 3.43. The van der Waals surface area contributed by atoms with Crippen molar-refractivity contribution in [3.05, 3.63) is 33.9 Å². The van der Waals surface area contributed by atoms with Gasteiger partial charge in [-0.2, -0.15) is 0 Å². The SMILES string of the molecule is COc1c(N2CCNC(CF)C2)c(F)cc2c(=O)c(C(=O)O)cn(C3CC3F)c12. The number of halogens is 3. The Balaban J connectivity index is 2.00. The predicted molar refractivity (Wildman–Crippen MR) is 100 cm³/mol. The molecule has 1 aliphatic carbocycles. The highest BCUT2D eigenvalue weighted by molar-refractivity contribution is 5.97. The highest BCUT2D eigenvalue weighted by atomic mass is 19.1. The molecular weight excluding hydrogens is 391 g/mol. The van der Waals surface area contributed by atoms with E-state index in [0.29, 0.717) is 13.1 Å². The Bertz CT molecular complexity index is 1040. The van der Waals surface area contributed by atoms with Crippen molar-refractivity contribution < 1.29 is 27.8 Å². The maximum Gasteiger partial charge on any atom is 0.341 e. The van der Waals surface area contributed by atoms with E-state index < -0.39 is 47.7 Å². The molecule has 0 bridgehead atoms. The number of hydrogen-bond donors (Lipinski definition) is 2. The number of pyridine rings is 1. The summed E-state index contributed by atoms with van der Waals surface area (Å²) in [7, 11) is 1.30. The summed E-state index contributed by atoms with van der Waals surface area (Å²) in [6.07, 6.45) is 0.0456. The zero-order valence-corrected chi connectivity index (χ0v) is 15.6. The molecule has 1 aliphatic heterocycles. The number of methoxy groups -OCH3 is 1. The molecule has 7 nitrogen and oxygen atoms in total. The summed E-state index contributed by atoms with van der Waals surface area (Å²) in [6.45, 7) is 0.352. The molecule has 0 amide bonds.